The average Bonchev–Trinajstić information content (AvgIpc) is 3.03. The van der Waals surface area contributed by atoms with E-state index in [-0.39, 0.29) is 11.9 Å². The van der Waals surface area contributed by atoms with E-state index in [1.165, 1.54) is 11.3 Å². The lowest BCUT2D eigenvalue weighted by Crippen LogP contribution is -2.41. The molecule has 2 N–H and O–H groups in total. The van der Waals surface area contributed by atoms with Gasteiger partial charge in [-0.2, -0.15) is 5.26 Å². The SMILES string of the molecule is CNc1nc(C)c(-c2cc(NC3CCN(C(C)=O)CC3)ncc2C#N)s1. The van der Waals surface area contributed by atoms with Crippen LogP contribution in [0, 0.1) is 18.3 Å². The van der Waals surface area contributed by atoms with E-state index in [9.17, 15) is 10.1 Å². The molecule has 7 nitrogen and oxygen atoms in total. The summed E-state index contributed by atoms with van der Waals surface area (Å²) in [5.74, 6) is 0.877. The smallest absolute Gasteiger partial charge is 0.219 e. The van der Waals surface area contributed by atoms with Gasteiger partial charge in [0.25, 0.3) is 0 Å². The Balaban J connectivity index is 1.81. The van der Waals surface area contributed by atoms with Gasteiger partial charge in [-0.25, -0.2) is 9.97 Å². The van der Waals surface area contributed by atoms with Crippen LogP contribution < -0.4 is 10.6 Å². The quantitative estimate of drug-likeness (QED) is 0.859. The molecule has 0 unspecified atom stereocenters. The van der Waals surface area contributed by atoms with Crippen molar-refractivity contribution in [1.29, 1.82) is 5.26 Å². The Hall–Kier alpha value is -2.66. The third-order valence-electron chi connectivity index (χ3n) is 4.57. The van der Waals surface area contributed by atoms with E-state index in [4.69, 9.17) is 0 Å². The first-order valence-electron chi connectivity index (χ1n) is 8.59. The fraction of sp³-hybridized carbons (Fsp3) is 0.444. The van der Waals surface area contributed by atoms with Crippen molar-refractivity contribution in [3.8, 4) is 16.5 Å². The van der Waals surface area contributed by atoms with Gasteiger partial charge >= 0.3 is 0 Å². The first kappa shape index (κ1) is 18.1. The second-order valence-corrected chi connectivity index (χ2v) is 7.33. The van der Waals surface area contributed by atoms with Crippen molar-refractivity contribution in [3.63, 3.8) is 0 Å². The summed E-state index contributed by atoms with van der Waals surface area (Å²) in [6.07, 6.45) is 3.39. The lowest BCUT2D eigenvalue weighted by molar-refractivity contribution is -0.129. The number of piperidine rings is 1. The monoisotopic (exact) mass is 370 g/mol. The van der Waals surface area contributed by atoms with Gasteiger partial charge in [-0.3, -0.25) is 4.79 Å². The molecule has 8 heteroatoms. The normalized spacial score (nSPS) is 14.8. The number of likely N-dealkylation sites (tertiary alicyclic amines) is 1. The van der Waals surface area contributed by atoms with Crippen LogP contribution in [0.5, 0.6) is 0 Å². The van der Waals surface area contributed by atoms with E-state index in [1.807, 2.05) is 24.9 Å². The Labute approximate surface area is 157 Å². The van der Waals surface area contributed by atoms with Crippen LogP contribution in [0.1, 0.15) is 31.0 Å². The van der Waals surface area contributed by atoms with Gasteiger partial charge < -0.3 is 15.5 Å². The molecule has 3 rings (SSSR count). The summed E-state index contributed by atoms with van der Waals surface area (Å²) in [4.78, 5) is 23.2. The molecule has 0 aliphatic carbocycles. The summed E-state index contributed by atoms with van der Waals surface area (Å²) in [5.41, 5.74) is 2.28. The molecular formula is C18H22N6OS. The highest BCUT2D eigenvalue weighted by molar-refractivity contribution is 7.19. The zero-order valence-corrected chi connectivity index (χ0v) is 16.0. The second kappa shape index (κ2) is 7.70. The van der Waals surface area contributed by atoms with Crippen molar-refractivity contribution in [1.82, 2.24) is 14.9 Å². The van der Waals surface area contributed by atoms with Gasteiger partial charge in [0.1, 0.15) is 11.9 Å². The molecule has 0 atom stereocenters. The van der Waals surface area contributed by atoms with Gasteiger partial charge in [-0.05, 0) is 25.8 Å². The molecule has 1 aliphatic rings. The highest BCUT2D eigenvalue weighted by Gasteiger charge is 2.21. The molecule has 136 valence electrons. The van der Waals surface area contributed by atoms with E-state index in [1.54, 1.807) is 13.1 Å². The van der Waals surface area contributed by atoms with Crippen molar-refractivity contribution in [2.75, 3.05) is 30.8 Å². The van der Waals surface area contributed by atoms with Crippen molar-refractivity contribution < 1.29 is 4.79 Å². The summed E-state index contributed by atoms with van der Waals surface area (Å²) in [7, 11) is 1.83. The predicted octanol–water partition coefficient (Wildman–Crippen LogP) is 2.85. The molecular weight excluding hydrogens is 348 g/mol. The molecule has 1 fully saturated rings. The fourth-order valence-corrected chi connectivity index (χ4v) is 4.06. The number of carbonyl (C=O) groups excluding carboxylic acids is 1. The zero-order valence-electron chi connectivity index (χ0n) is 15.2. The minimum atomic E-state index is 0.128. The van der Waals surface area contributed by atoms with E-state index >= 15 is 0 Å². The van der Waals surface area contributed by atoms with Gasteiger partial charge in [-0.1, -0.05) is 11.3 Å². The summed E-state index contributed by atoms with van der Waals surface area (Å²) in [5, 5.41) is 16.8. The molecule has 0 radical (unpaired) electrons. The van der Waals surface area contributed by atoms with Gasteiger partial charge in [-0.15, -0.1) is 0 Å². The van der Waals surface area contributed by atoms with Crippen LogP contribution in [0.15, 0.2) is 12.3 Å². The maximum Gasteiger partial charge on any atom is 0.219 e. The average molecular weight is 370 g/mol. The maximum absolute atomic E-state index is 11.4. The highest BCUT2D eigenvalue weighted by atomic mass is 32.1. The van der Waals surface area contributed by atoms with E-state index in [0.29, 0.717) is 5.56 Å². The predicted molar refractivity (Wildman–Crippen MR) is 103 cm³/mol. The molecule has 1 saturated heterocycles. The summed E-state index contributed by atoms with van der Waals surface area (Å²) in [6, 6.07) is 4.42. The standard InChI is InChI=1S/C18H22N6OS/c1-11-17(26-18(20-3)22-11)15-8-16(21-10-13(15)9-19)23-14-4-6-24(7-5-14)12(2)25/h8,10,14H,4-7H2,1-3H3,(H,20,22)(H,21,23). The first-order chi connectivity index (χ1) is 12.5. The molecule has 1 amide bonds. The number of hydrogen-bond donors (Lipinski definition) is 2. The topological polar surface area (TPSA) is 93.9 Å². The molecule has 26 heavy (non-hydrogen) atoms. The molecule has 0 spiro atoms. The Morgan fingerprint density at radius 1 is 1.42 bits per heavy atom. The maximum atomic E-state index is 11.4. The number of carbonyl (C=O) groups is 1. The number of rotatable bonds is 4. The van der Waals surface area contributed by atoms with E-state index in [0.717, 1.165) is 53.0 Å². The second-order valence-electron chi connectivity index (χ2n) is 6.34. The summed E-state index contributed by atoms with van der Waals surface area (Å²) < 4.78 is 0. The molecule has 2 aromatic rings. The molecule has 0 bridgehead atoms. The number of anilines is 2. The highest BCUT2D eigenvalue weighted by Crippen LogP contribution is 2.35. The number of aryl methyl sites for hydroxylation is 1. The summed E-state index contributed by atoms with van der Waals surface area (Å²) >= 11 is 1.53. The molecule has 0 saturated carbocycles. The van der Waals surface area contributed by atoms with Crippen molar-refractivity contribution >= 4 is 28.2 Å². The van der Waals surface area contributed by atoms with Crippen molar-refractivity contribution in [2.24, 2.45) is 0 Å². The van der Waals surface area contributed by atoms with Gasteiger partial charge in [0, 0.05) is 44.9 Å². The van der Waals surface area contributed by atoms with Crippen LogP contribution >= 0.6 is 11.3 Å². The Kier molecular flexibility index (Phi) is 5.38. The minimum absolute atomic E-state index is 0.128. The van der Waals surface area contributed by atoms with Crippen LogP contribution in [-0.4, -0.2) is 47.0 Å². The number of aromatic nitrogens is 2. The van der Waals surface area contributed by atoms with Crippen LogP contribution in [0.25, 0.3) is 10.4 Å². The number of thiazole rings is 1. The van der Waals surface area contributed by atoms with Gasteiger partial charge in [0.15, 0.2) is 5.13 Å². The Morgan fingerprint density at radius 2 is 2.15 bits per heavy atom. The van der Waals surface area contributed by atoms with Gasteiger partial charge in [0.2, 0.25) is 5.91 Å². The number of nitrogens with zero attached hydrogens (tertiary/aromatic N) is 4. The van der Waals surface area contributed by atoms with Crippen LogP contribution in [0.4, 0.5) is 10.9 Å². The lowest BCUT2D eigenvalue weighted by atomic mass is 10.0. The summed E-state index contributed by atoms with van der Waals surface area (Å²) in [6.45, 7) is 5.07. The Morgan fingerprint density at radius 3 is 2.73 bits per heavy atom. The minimum Gasteiger partial charge on any atom is -0.367 e. The number of hydrogen-bond acceptors (Lipinski definition) is 7. The van der Waals surface area contributed by atoms with Crippen LogP contribution in [-0.2, 0) is 4.79 Å². The van der Waals surface area contributed by atoms with Crippen LogP contribution in [0.2, 0.25) is 0 Å². The largest absolute Gasteiger partial charge is 0.367 e. The lowest BCUT2D eigenvalue weighted by Gasteiger charge is -2.32. The Bertz CT molecular complexity index is 848. The molecule has 2 aromatic heterocycles. The first-order valence-corrected chi connectivity index (χ1v) is 9.41. The van der Waals surface area contributed by atoms with Crippen LogP contribution in [0.3, 0.4) is 0 Å². The molecule has 0 aromatic carbocycles. The van der Waals surface area contributed by atoms with Gasteiger partial charge in [0.05, 0.1) is 16.1 Å². The fourth-order valence-electron chi connectivity index (χ4n) is 3.11. The van der Waals surface area contributed by atoms with E-state index < -0.39 is 0 Å². The number of nitriles is 1. The third kappa shape index (κ3) is 3.78. The molecule has 3 heterocycles. The van der Waals surface area contributed by atoms with E-state index in [2.05, 4.69) is 26.7 Å². The number of amides is 1. The van der Waals surface area contributed by atoms with Crippen molar-refractivity contribution in [2.45, 2.75) is 32.7 Å². The number of nitrogens with one attached hydrogen (secondary N) is 2. The third-order valence-corrected chi connectivity index (χ3v) is 5.78. The molecule has 1 aliphatic heterocycles. The van der Waals surface area contributed by atoms with Crippen molar-refractivity contribution in [3.05, 3.63) is 23.5 Å². The zero-order chi connectivity index (χ0) is 18.7. The number of pyridine rings is 1.